The van der Waals surface area contributed by atoms with E-state index in [0.29, 0.717) is 10.9 Å². The number of aliphatic hydroxyl groups excluding tert-OH is 3. The van der Waals surface area contributed by atoms with Crippen molar-refractivity contribution in [1.82, 2.24) is 0 Å². The monoisotopic (exact) mass is 714 g/mol. The third kappa shape index (κ3) is 4.94. The van der Waals surface area contributed by atoms with Crippen molar-refractivity contribution in [3.63, 3.8) is 0 Å². The van der Waals surface area contributed by atoms with Gasteiger partial charge in [-0.2, -0.15) is 0 Å². The number of benzene rings is 4. The zero-order chi connectivity index (χ0) is 36.2. The Morgan fingerprint density at radius 2 is 1.38 bits per heavy atom. The molecule has 0 saturated carbocycles. The summed E-state index contributed by atoms with van der Waals surface area (Å²) >= 11 is 0. The fourth-order valence-electron chi connectivity index (χ4n) is 7.72. The standard InChI is InChI=1S/C38H34O14/c1-14-12-13-20-23-21(14)34(43)49-31-22-18(27(40)25(24(23)31)35(44)47-20)10-7-11-19(22)48-38-33(52-37-29(42)28(41)26(39)15(2)45-37)32-30(16(3)46-38)50-36(51-32)17-8-5-4-6-9-17/h4-13,15-16,26,28-30,32-33,36-42H,1-3H3. The maximum atomic E-state index is 13.5. The van der Waals surface area contributed by atoms with Crippen LogP contribution in [0.5, 0.6) is 11.5 Å². The second-order valence-electron chi connectivity index (χ2n) is 13.6. The quantitative estimate of drug-likeness (QED) is 0.115. The third-order valence-corrected chi connectivity index (χ3v) is 10.4. The Morgan fingerprint density at radius 1 is 0.654 bits per heavy atom. The third-order valence-electron chi connectivity index (χ3n) is 10.4. The molecule has 3 aliphatic heterocycles. The van der Waals surface area contributed by atoms with Gasteiger partial charge in [0.25, 0.3) is 0 Å². The molecule has 0 radical (unpaired) electrons. The number of aryl methyl sites for hydroxylation is 1. The Balaban J connectivity index is 1.19. The molecule has 4 N–H and O–H groups in total. The SMILES string of the molecule is Cc1ccc2oc(=O)c3c(O)c4cccc(OC5OC(C)C6OC(c7ccccc7)OC6C5OC5OC(C)C(O)C(O)C5O)c4c4oc(=O)c1c2c34. The highest BCUT2D eigenvalue weighted by atomic mass is 16.8. The first kappa shape index (κ1) is 33.2. The number of phenolic OH excluding ortho intramolecular Hbond substituents is 1. The van der Waals surface area contributed by atoms with E-state index < -0.39 is 84.7 Å². The molecule has 11 atom stereocenters. The number of ether oxygens (including phenoxy) is 6. The summed E-state index contributed by atoms with van der Waals surface area (Å²) in [6, 6.07) is 17.2. The summed E-state index contributed by atoms with van der Waals surface area (Å²) in [5.74, 6) is -0.309. The molecule has 2 aromatic heterocycles. The fourth-order valence-corrected chi connectivity index (χ4v) is 7.72. The van der Waals surface area contributed by atoms with Crippen LogP contribution in [0, 0.1) is 6.92 Å². The van der Waals surface area contributed by atoms with Gasteiger partial charge in [-0.25, -0.2) is 9.59 Å². The molecule has 0 bridgehead atoms. The van der Waals surface area contributed by atoms with Crippen molar-refractivity contribution in [2.75, 3.05) is 0 Å². The molecular formula is C38H34O14. The molecule has 4 aromatic carbocycles. The van der Waals surface area contributed by atoms with Crippen LogP contribution in [0.15, 0.2) is 79.1 Å². The Hall–Kier alpha value is -4.64. The number of aliphatic hydroxyl groups is 3. The molecule has 6 aromatic rings. The van der Waals surface area contributed by atoms with Gasteiger partial charge in [0.1, 0.15) is 53.0 Å². The highest BCUT2D eigenvalue weighted by Gasteiger charge is 2.56. The van der Waals surface area contributed by atoms with E-state index in [1.807, 2.05) is 30.3 Å². The summed E-state index contributed by atoms with van der Waals surface area (Å²) in [5, 5.41) is 44.3. The molecule has 14 heteroatoms. The molecule has 0 spiro atoms. The van der Waals surface area contributed by atoms with Crippen LogP contribution in [0.4, 0.5) is 0 Å². The predicted molar refractivity (Wildman–Crippen MR) is 182 cm³/mol. The summed E-state index contributed by atoms with van der Waals surface area (Å²) in [7, 11) is 0. The van der Waals surface area contributed by atoms with Gasteiger partial charge in [-0.3, -0.25) is 0 Å². The van der Waals surface area contributed by atoms with Gasteiger partial charge < -0.3 is 57.7 Å². The molecule has 11 unspecified atom stereocenters. The van der Waals surface area contributed by atoms with Gasteiger partial charge in [0.2, 0.25) is 6.29 Å². The van der Waals surface area contributed by atoms with Crippen LogP contribution < -0.4 is 16.0 Å². The minimum Gasteiger partial charge on any atom is -0.506 e. The summed E-state index contributed by atoms with van der Waals surface area (Å²) in [6.45, 7) is 5.04. The predicted octanol–water partition coefficient (Wildman–Crippen LogP) is 3.48. The van der Waals surface area contributed by atoms with E-state index in [1.165, 1.54) is 6.92 Å². The highest BCUT2D eigenvalue weighted by molar-refractivity contribution is 6.28. The zero-order valence-corrected chi connectivity index (χ0v) is 28.0. The lowest BCUT2D eigenvalue weighted by atomic mass is 9.95. The van der Waals surface area contributed by atoms with Crippen molar-refractivity contribution in [1.29, 1.82) is 0 Å². The van der Waals surface area contributed by atoms with Crippen LogP contribution in [-0.4, -0.2) is 81.8 Å². The number of phenols is 1. The number of rotatable bonds is 5. The maximum absolute atomic E-state index is 13.5. The van der Waals surface area contributed by atoms with Gasteiger partial charge in [-0.1, -0.05) is 48.5 Å². The lowest BCUT2D eigenvalue weighted by Crippen LogP contribution is -2.63. The average molecular weight is 715 g/mol. The Labute approximate surface area is 293 Å². The van der Waals surface area contributed by atoms with Crippen molar-refractivity contribution in [3.8, 4) is 11.5 Å². The smallest absolute Gasteiger partial charge is 0.348 e. The van der Waals surface area contributed by atoms with Crippen molar-refractivity contribution in [3.05, 3.63) is 92.6 Å². The van der Waals surface area contributed by atoms with E-state index in [4.69, 9.17) is 37.3 Å². The van der Waals surface area contributed by atoms with Gasteiger partial charge in [0.05, 0.1) is 23.0 Å². The van der Waals surface area contributed by atoms with Crippen LogP contribution in [0.25, 0.3) is 43.5 Å². The second kappa shape index (κ2) is 12.2. The lowest BCUT2D eigenvalue weighted by Gasteiger charge is -2.45. The van der Waals surface area contributed by atoms with Gasteiger partial charge in [0.15, 0.2) is 24.3 Å². The number of aromatic hydroxyl groups is 1. The maximum Gasteiger partial charge on any atom is 0.348 e. The van der Waals surface area contributed by atoms with Gasteiger partial charge in [-0.05, 0) is 38.5 Å². The van der Waals surface area contributed by atoms with Gasteiger partial charge in [0, 0.05) is 21.7 Å². The molecule has 0 amide bonds. The van der Waals surface area contributed by atoms with E-state index in [2.05, 4.69) is 0 Å². The van der Waals surface area contributed by atoms with Crippen LogP contribution in [0.2, 0.25) is 0 Å². The lowest BCUT2D eigenvalue weighted by molar-refractivity contribution is -0.344. The summed E-state index contributed by atoms with van der Waals surface area (Å²) in [4.78, 5) is 26.8. The number of hydrogen-bond donors (Lipinski definition) is 4. The van der Waals surface area contributed by atoms with Crippen molar-refractivity contribution < 1.29 is 57.7 Å². The first-order valence-electron chi connectivity index (χ1n) is 16.9. The molecule has 5 heterocycles. The molecule has 3 fully saturated rings. The first-order chi connectivity index (χ1) is 25.0. The average Bonchev–Trinajstić information content (AvgIpc) is 3.59. The molecule has 14 nitrogen and oxygen atoms in total. The van der Waals surface area contributed by atoms with Crippen LogP contribution in [-0.2, 0) is 23.7 Å². The van der Waals surface area contributed by atoms with Crippen LogP contribution in [0.3, 0.4) is 0 Å². The van der Waals surface area contributed by atoms with E-state index >= 15 is 0 Å². The summed E-state index contributed by atoms with van der Waals surface area (Å²) < 4.78 is 49.4. The van der Waals surface area contributed by atoms with E-state index in [0.717, 1.165) is 5.56 Å². The molecule has 0 aliphatic carbocycles. The van der Waals surface area contributed by atoms with Crippen molar-refractivity contribution in [2.45, 2.75) is 88.5 Å². The molecule has 3 aliphatic rings. The largest absolute Gasteiger partial charge is 0.506 e. The molecular weight excluding hydrogens is 680 g/mol. The fraction of sp³-hybridized carbons (Fsp3) is 0.368. The second-order valence-corrected chi connectivity index (χ2v) is 13.6. The molecule has 52 heavy (non-hydrogen) atoms. The summed E-state index contributed by atoms with van der Waals surface area (Å²) in [5.41, 5.74) is -0.0274. The Kier molecular flexibility index (Phi) is 7.80. The topological polar surface area (TPSA) is 197 Å². The van der Waals surface area contributed by atoms with Gasteiger partial charge in [-0.15, -0.1) is 0 Å². The van der Waals surface area contributed by atoms with E-state index in [1.54, 1.807) is 44.2 Å². The summed E-state index contributed by atoms with van der Waals surface area (Å²) in [6.07, 6.45) is -12.4. The Bertz CT molecular complexity index is 2440. The van der Waals surface area contributed by atoms with E-state index in [-0.39, 0.29) is 43.8 Å². The molecule has 270 valence electrons. The highest BCUT2D eigenvalue weighted by Crippen LogP contribution is 2.47. The molecule has 3 saturated heterocycles. The number of fused-ring (bicyclic) bond motifs is 3. The van der Waals surface area contributed by atoms with Crippen LogP contribution in [0.1, 0.15) is 31.3 Å². The molecule has 9 rings (SSSR count). The van der Waals surface area contributed by atoms with Crippen molar-refractivity contribution in [2.24, 2.45) is 0 Å². The minimum atomic E-state index is -1.65. The normalized spacial score (nSPS) is 32.2. The first-order valence-corrected chi connectivity index (χ1v) is 16.9. The zero-order valence-electron chi connectivity index (χ0n) is 28.0. The van der Waals surface area contributed by atoms with Crippen LogP contribution >= 0.6 is 0 Å². The van der Waals surface area contributed by atoms with Gasteiger partial charge >= 0.3 is 11.3 Å². The Morgan fingerprint density at radius 3 is 2.17 bits per heavy atom. The minimum absolute atomic E-state index is 0.0137. The van der Waals surface area contributed by atoms with E-state index in [9.17, 15) is 30.0 Å². The van der Waals surface area contributed by atoms with Crippen molar-refractivity contribution >= 4 is 43.5 Å². The number of hydrogen-bond acceptors (Lipinski definition) is 14.